The fourth-order valence-corrected chi connectivity index (χ4v) is 5.86. The first-order valence-electron chi connectivity index (χ1n) is 13.2. The monoisotopic (exact) mass is 562 g/mol. The smallest absolute Gasteiger partial charge is 0.229 e. The maximum Gasteiger partial charge on any atom is 0.229 e. The first kappa shape index (κ1) is 26.2. The van der Waals surface area contributed by atoms with E-state index >= 15 is 0 Å². The number of ether oxygens (including phenoxy) is 1. The van der Waals surface area contributed by atoms with Crippen LogP contribution in [-0.2, 0) is 14.8 Å². The Morgan fingerprint density at radius 1 is 0.900 bits per heavy atom. The van der Waals surface area contributed by atoms with E-state index in [9.17, 15) is 13.2 Å². The standard InChI is InChI=1S/C28H30N6O5S/c1-40(36,37)34-13-11-32(12-14-34)25-9-10-29-28(31-25)30-21-7-5-20(6-8-21)22-3-2-4-23-24(35)19-26(39-27(22)23)33-15-17-38-18-16-33/h2-10,19H,11-18H2,1H3,(H,29,30,31). The van der Waals surface area contributed by atoms with E-state index in [-0.39, 0.29) is 5.43 Å². The van der Waals surface area contributed by atoms with Gasteiger partial charge in [0.05, 0.1) is 24.9 Å². The van der Waals surface area contributed by atoms with Crippen LogP contribution in [0, 0.1) is 0 Å². The van der Waals surface area contributed by atoms with E-state index in [1.165, 1.54) is 10.6 Å². The van der Waals surface area contributed by atoms with Crippen molar-refractivity contribution in [1.82, 2.24) is 14.3 Å². The van der Waals surface area contributed by atoms with Crippen LogP contribution in [0.5, 0.6) is 0 Å². The van der Waals surface area contributed by atoms with Crippen LogP contribution in [0.4, 0.5) is 23.3 Å². The highest BCUT2D eigenvalue weighted by molar-refractivity contribution is 7.88. The molecule has 0 spiro atoms. The molecule has 6 rings (SSSR count). The van der Waals surface area contributed by atoms with Gasteiger partial charge in [0, 0.05) is 62.8 Å². The lowest BCUT2D eigenvalue weighted by molar-refractivity contribution is 0.121. The number of anilines is 4. The third-order valence-electron chi connectivity index (χ3n) is 7.19. The first-order chi connectivity index (χ1) is 19.3. The quantitative estimate of drug-likeness (QED) is 0.375. The average molecular weight is 563 g/mol. The number of nitrogens with one attached hydrogen (secondary N) is 1. The van der Waals surface area contributed by atoms with Crippen LogP contribution in [0.2, 0.25) is 0 Å². The molecule has 2 aromatic carbocycles. The third-order valence-corrected chi connectivity index (χ3v) is 8.49. The Morgan fingerprint density at radius 3 is 2.38 bits per heavy atom. The number of rotatable bonds is 6. The summed E-state index contributed by atoms with van der Waals surface area (Å²) in [5, 5.41) is 3.79. The Balaban J connectivity index is 1.21. The minimum Gasteiger partial charge on any atom is -0.440 e. The van der Waals surface area contributed by atoms with E-state index in [1.807, 2.05) is 47.4 Å². The summed E-state index contributed by atoms with van der Waals surface area (Å²) in [5.41, 5.74) is 3.04. The third kappa shape index (κ3) is 5.51. The largest absolute Gasteiger partial charge is 0.440 e. The van der Waals surface area contributed by atoms with Gasteiger partial charge in [-0.05, 0) is 29.8 Å². The Labute approximate surface area is 232 Å². The highest BCUT2D eigenvalue weighted by atomic mass is 32.2. The molecule has 2 saturated heterocycles. The molecule has 0 unspecified atom stereocenters. The molecular formula is C28H30N6O5S. The minimum absolute atomic E-state index is 0.0716. The van der Waals surface area contributed by atoms with Gasteiger partial charge in [-0.2, -0.15) is 9.29 Å². The Morgan fingerprint density at radius 2 is 1.65 bits per heavy atom. The summed E-state index contributed by atoms with van der Waals surface area (Å²) in [7, 11) is -3.19. The van der Waals surface area contributed by atoms with Crippen LogP contribution in [0.3, 0.4) is 0 Å². The highest BCUT2D eigenvalue weighted by Crippen LogP contribution is 2.31. The topological polar surface area (TPSA) is 121 Å². The summed E-state index contributed by atoms with van der Waals surface area (Å²) >= 11 is 0. The number of hydrogen-bond acceptors (Lipinski definition) is 10. The number of benzene rings is 2. The molecule has 12 heteroatoms. The molecule has 2 aliphatic rings. The van der Waals surface area contributed by atoms with Crippen molar-refractivity contribution in [2.75, 3.05) is 73.9 Å². The summed E-state index contributed by atoms with van der Waals surface area (Å²) in [6, 6.07) is 16.8. The number of sulfonamides is 1. The summed E-state index contributed by atoms with van der Waals surface area (Å²) in [6.45, 7) is 4.53. The van der Waals surface area contributed by atoms with Gasteiger partial charge in [-0.3, -0.25) is 4.79 Å². The van der Waals surface area contributed by atoms with Gasteiger partial charge in [-0.25, -0.2) is 13.4 Å². The van der Waals surface area contributed by atoms with Crippen molar-refractivity contribution < 1.29 is 17.6 Å². The second-order valence-electron chi connectivity index (χ2n) is 9.82. The summed E-state index contributed by atoms with van der Waals surface area (Å²) in [4.78, 5) is 26.0. The summed E-state index contributed by atoms with van der Waals surface area (Å²) in [6.07, 6.45) is 2.92. The fraction of sp³-hybridized carbons (Fsp3) is 0.321. The van der Waals surface area contributed by atoms with Crippen molar-refractivity contribution >= 4 is 44.3 Å². The Bertz CT molecular complexity index is 1680. The van der Waals surface area contributed by atoms with E-state index in [0.717, 1.165) is 22.6 Å². The zero-order valence-corrected chi connectivity index (χ0v) is 22.9. The molecule has 0 saturated carbocycles. The summed E-state index contributed by atoms with van der Waals surface area (Å²) in [5.74, 6) is 1.74. The van der Waals surface area contributed by atoms with Crippen LogP contribution < -0.4 is 20.5 Å². The molecule has 4 heterocycles. The van der Waals surface area contributed by atoms with Crippen molar-refractivity contribution in [2.24, 2.45) is 0 Å². The average Bonchev–Trinajstić information content (AvgIpc) is 2.98. The molecule has 4 aromatic rings. The van der Waals surface area contributed by atoms with E-state index in [0.29, 0.717) is 75.3 Å². The van der Waals surface area contributed by atoms with Crippen molar-refractivity contribution in [2.45, 2.75) is 0 Å². The molecule has 0 radical (unpaired) electrons. The molecule has 2 fully saturated rings. The fourth-order valence-electron chi connectivity index (χ4n) is 5.03. The molecule has 0 amide bonds. The number of nitrogens with zero attached hydrogens (tertiary/aromatic N) is 5. The highest BCUT2D eigenvalue weighted by Gasteiger charge is 2.24. The molecular weight excluding hydrogens is 532 g/mol. The second-order valence-corrected chi connectivity index (χ2v) is 11.8. The van der Waals surface area contributed by atoms with Crippen molar-refractivity contribution in [3.63, 3.8) is 0 Å². The molecule has 1 N–H and O–H groups in total. The normalized spacial score (nSPS) is 16.8. The van der Waals surface area contributed by atoms with Gasteiger partial charge in [0.2, 0.25) is 16.0 Å². The van der Waals surface area contributed by atoms with Crippen LogP contribution in [-0.4, -0.2) is 81.4 Å². The molecule has 0 bridgehead atoms. The van der Waals surface area contributed by atoms with E-state index in [4.69, 9.17) is 9.15 Å². The lowest BCUT2D eigenvalue weighted by atomic mass is 10.0. The Hall–Kier alpha value is -4.00. The van der Waals surface area contributed by atoms with Crippen molar-refractivity contribution in [3.05, 3.63) is 71.0 Å². The van der Waals surface area contributed by atoms with E-state index in [1.54, 1.807) is 18.3 Å². The number of fused-ring (bicyclic) bond motifs is 1. The number of hydrogen-bond donors (Lipinski definition) is 1. The van der Waals surface area contributed by atoms with Gasteiger partial charge in [-0.1, -0.05) is 24.3 Å². The van der Waals surface area contributed by atoms with E-state index < -0.39 is 10.0 Å². The van der Waals surface area contributed by atoms with Crippen molar-refractivity contribution in [3.8, 4) is 11.1 Å². The molecule has 11 nitrogen and oxygen atoms in total. The van der Waals surface area contributed by atoms with Gasteiger partial charge in [0.25, 0.3) is 0 Å². The molecule has 2 aliphatic heterocycles. The predicted octanol–water partition coefficient (Wildman–Crippen LogP) is 2.91. The summed E-state index contributed by atoms with van der Waals surface area (Å²) < 4.78 is 36.8. The molecule has 0 atom stereocenters. The molecule has 0 aliphatic carbocycles. The second kappa shape index (κ2) is 10.9. The number of para-hydroxylation sites is 1. The SMILES string of the molecule is CS(=O)(=O)N1CCN(c2ccnc(Nc3ccc(-c4cccc5c(=O)cc(N6CCOCC6)oc45)cc3)n2)CC1. The van der Waals surface area contributed by atoms with Gasteiger partial charge in [-0.15, -0.1) is 0 Å². The van der Waals surface area contributed by atoms with Gasteiger partial charge < -0.3 is 24.3 Å². The minimum atomic E-state index is -3.19. The Kier molecular flexibility index (Phi) is 7.13. The van der Waals surface area contributed by atoms with Crippen LogP contribution in [0.1, 0.15) is 0 Å². The van der Waals surface area contributed by atoms with Crippen LogP contribution in [0.25, 0.3) is 22.1 Å². The van der Waals surface area contributed by atoms with Gasteiger partial charge in [0.15, 0.2) is 11.3 Å². The van der Waals surface area contributed by atoms with E-state index in [2.05, 4.69) is 20.2 Å². The number of aromatic nitrogens is 2. The molecule has 208 valence electrons. The van der Waals surface area contributed by atoms with Crippen molar-refractivity contribution in [1.29, 1.82) is 0 Å². The number of piperazine rings is 1. The van der Waals surface area contributed by atoms with Crippen LogP contribution in [0.15, 0.2) is 70.0 Å². The maximum absolute atomic E-state index is 12.9. The molecule has 2 aromatic heterocycles. The zero-order valence-electron chi connectivity index (χ0n) is 22.1. The van der Waals surface area contributed by atoms with Gasteiger partial charge >= 0.3 is 0 Å². The van der Waals surface area contributed by atoms with Crippen LogP contribution >= 0.6 is 0 Å². The lowest BCUT2D eigenvalue weighted by Crippen LogP contribution is -2.48. The number of morpholine rings is 1. The first-order valence-corrected chi connectivity index (χ1v) is 15.0. The predicted molar refractivity (Wildman–Crippen MR) is 155 cm³/mol. The zero-order chi connectivity index (χ0) is 27.7. The maximum atomic E-state index is 12.9. The van der Waals surface area contributed by atoms with Gasteiger partial charge in [0.1, 0.15) is 11.4 Å². The lowest BCUT2D eigenvalue weighted by Gasteiger charge is -2.33. The molecule has 40 heavy (non-hydrogen) atoms.